The zero-order valence-corrected chi connectivity index (χ0v) is 13.8. The number of benzene rings is 1. The van der Waals surface area contributed by atoms with Gasteiger partial charge in [0.2, 0.25) is 11.9 Å². The van der Waals surface area contributed by atoms with Crippen LogP contribution in [-0.2, 0) is 22.2 Å². The van der Waals surface area contributed by atoms with E-state index in [2.05, 4.69) is 26.1 Å². The van der Waals surface area contributed by atoms with Crippen LogP contribution in [0.4, 0.5) is 36.3 Å². The standard InChI is InChI=1S/C16H16F3N5O2/c1-2-26-24-14-11(16(17,18)19)8-20-15(23-14)21-10-4-5-12-9(7-10)3-6-13(25)22-12/h4-5,7-8H,2-3,6H2,1H3,(H,22,25)(H2,20,21,23,24). The van der Waals surface area contributed by atoms with Crippen molar-refractivity contribution in [2.24, 2.45) is 0 Å². The Morgan fingerprint density at radius 1 is 1.31 bits per heavy atom. The fourth-order valence-corrected chi connectivity index (χ4v) is 2.46. The van der Waals surface area contributed by atoms with Crippen LogP contribution in [0.3, 0.4) is 0 Å². The molecule has 0 fully saturated rings. The Balaban J connectivity index is 1.84. The largest absolute Gasteiger partial charge is 0.421 e. The monoisotopic (exact) mass is 367 g/mol. The summed E-state index contributed by atoms with van der Waals surface area (Å²) in [5.74, 6) is -0.530. The number of hydrogen-bond donors (Lipinski definition) is 3. The number of nitrogens with one attached hydrogen (secondary N) is 3. The van der Waals surface area contributed by atoms with E-state index in [4.69, 9.17) is 4.84 Å². The van der Waals surface area contributed by atoms with E-state index in [0.717, 1.165) is 11.3 Å². The van der Waals surface area contributed by atoms with Crippen LogP contribution in [0.5, 0.6) is 0 Å². The molecule has 0 unspecified atom stereocenters. The summed E-state index contributed by atoms with van der Waals surface area (Å²) < 4.78 is 39.1. The van der Waals surface area contributed by atoms with Crippen LogP contribution in [-0.4, -0.2) is 22.5 Å². The molecule has 1 aliphatic rings. The smallest absolute Gasteiger partial charge is 0.326 e. The average Bonchev–Trinajstić information content (AvgIpc) is 2.59. The van der Waals surface area contributed by atoms with E-state index in [-0.39, 0.29) is 18.5 Å². The molecule has 1 aromatic carbocycles. The van der Waals surface area contributed by atoms with Gasteiger partial charge >= 0.3 is 6.18 Å². The summed E-state index contributed by atoms with van der Waals surface area (Å²) in [6.45, 7) is 1.80. The highest BCUT2D eigenvalue weighted by molar-refractivity contribution is 5.94. The van der Waals surface area contributed by atoms with Gasteiger partial charge < -0.3 is 10.6 Å². The number of fused-ring (bicyclic) bond motifs is 1. The number of anilines is 4. The van der Waals surface area contributed by atoms with Gasteiger partial charge in [-0.2, -0.15) is 18.2 Å². The predicted octanol–water partition coefficient (Wildman–Crippen LogP) is 3.49. The van der Waals surface area contributed by atoms with Gasteiger partial charge in [-0.15, -0.1) is 0 Å². The number of amides is 1. The Kier molecular flexibility index (Phi) is 4.94. The third kappa shape index (κ3) is 4.02. The molecule has 138 valence electrons. The number of aryl methyl sites for hydroxylation is 1. The Morgan fingerprint density at radius 2 is 2.12 bits per heavy atom. The summed E-state index contributed by atoms with van der Waals surface area (Å²) >= 11 is 0. The summed E-state index contributed by atoms with van der Waals surface area (Å²) in [6.07, 6.45) is -2.95. The highest BCUT2D eigenvalue weighted by Gasteiger charge is 2.35. The third-order valence-electron chi connectivity index (χ3n) is 3.66. The first-order valence-electron chi connectivity index (χ1n) is 7.88. The van der Waals surface area contributed by atoms with Crippen molar-refractivity contribution in [1.82, 2.24) is 9.97 Å². The predicted molar refractivity (Wildman–Crippen MR) is 89.0 cm³/mol. The maximum absolute atomic E-state index is 13.0. The third-order valence-corrected chi connectivity index (χ3v) is 3.66. The number of aromatic nitrogens is 2. The quantitative estimate of drug-likeness (QED) is 0.701. The van der Waals surface area contributed by atoms with Gasteiger partial charge in [-0.05, 0) is 37.1 Å². The maximum Gasteiger partial charge on any atom is 0.421 e. The van der Waals surface area contributed by atoms with E-state index in [9.17, 15) is 18.0 Å². The van der Waals surface area contributed by atoms with Gasteiger partial charge in [-0.1, -0.05) is 0 Å². The Labute approximate surface area is 146 Å². The van der Waals surface area contributed by atoms with Crippen LogP contribution in [0.25, 0.3) is 0 Å². The summed E-state index contributed by atoms with van der Waals surface area (Å²) in [6, 6.07) is 5.20. The van der Waals surface area contributed by atoms with E-state index in [1.54, 1.807) is 25.1 Å². The zero-order valence-electron chi connectivity index (χ0n) is 13.8. The van der Waals surface area contributed by atoms with Crippen molar-refractivity contribution in [3.8, 4) is 0 Å². The molecule has 2 aromatic rings. The number of carbonyl (C=O) groups excluding carboxylic acids is 1. The van der Waals surface area contributed by atoms with Crippen LogP contribution in [0, 0.1) is 0 Å². The fourth-order valence-electron chi connectivity index (χ4n) is 2.46. The van der Waals surface area contributed by atoms with Crippen LogP contribution < -0.4 is 16.1 Å². The van der Waals surface area contributed by atoms with E-state index < -0.39 is 17.6 Å². The number of nitrogens with zero attached hydrogens (tertiary/aromatic N) is 2. The lowest BCUT2D eigenvalue weighted by Crippen LogP contribution is -2.19. The molecule has 26 heavy (non-hydrogen) atoms. The molecule has 3 N–H and O–H groups in total. The van der Waals surface area contributed by atoms with Crippen molar-refractivity contribution in [1.29, 1.82) is 0 Å². The van der Waals surface area contributed by atoms with Crippen molar-refractivity contribution >= 4 is 29.0 Å². The SMILES string of the molecule is CCONc1nc(Nc2ccc3c(c2)CCC(=O)N3)ncc1C(F)(F)F. The summed E-state index contributed by atoms with van der Waals surface area (Å²) in [5, 5.41) is 5.62. The lowest BCUT2D eigenvalue weighted by molar-refractivity contribution is -0.137. The van der Waals surface area contributed by atoms with Crippen molar-refractivity contribution < 1.29 is 22.8 Å². The first-order valence-corrected chi connectivity index (χ1v) is 7.88. The molecule has 0 bridgehead atoms. The average molecular weight is 367 g/mol. The van der Waals surface area contributed by atoms with Gasteiger partial charge in [-0.3, -0.25) is 9.63 Å². The molecule has 1 aliphatic heterocycles. The highest BCUT2D eigenvalue weighted by Crippen LogP contribution is 2.34. The lowest BCUT2D eigenvalue weighted by atomic mass is 10.0. The second kappa shape index (κ2) is 7.16. The van der Waals surface area contributed by atoms with Gasteiger partial charge in [0.15, 0.2) is 5.82 Å². The van der Waals surface area contributed by atoms with Gasteiger partial charge in [0.25, 0.3) is 0 Å². The second-order valence-electron chi connectivity index (χ2n) is 5.53. The van der Waals surface area contributed by atoms with Crippen molar-refractivity contribution in [2.45, 2.75) is 25.9 Å². The number of carbonyl (C=O) groups is 1. The molecule has 0 radical (unpaired) electrons. The molecule has 0 saturated carbocycles. The number of halogens is 3. The second-order valence-corrected chi connectivity index (χ2v) is 5.53. The van der Waals surface area contributed by atoms with Crippen LogP contribution in [0.2, 0.25) is 0 Å². The first-order chi connectivity index (χ1) is 12.4. The van der Waals surface area contributed by atoms with E-state index in [1.807, 2.05) is 0 Å². The molecule has 7 nitrogen and oxygen atoms in total. The fraction of sp³-hybridized carbons (Fsp3) is 0.312. The summed E-state index contributed by atoms with van der Waals surface area (Å²) in [7, 11) is 0. The Bertz CT molecular complexity index is 826. The molecule has 3 rings (SSSR count). The Hall–Kier alpha value is -2.88. The van der Waals surface area contributed by atoms with E-state index >= 15 is 0 Å². The number of rotatable bonds is 5. The summed E-state index contributed by atoms with van der Waals surface area (Å²) in [4.78, 5) is 23.8. The number of alkyl halides is 3. The van der Waals surface area contributed by atoms with Gasteiger partial charge in [0, 0.05) is 24.0 Å². The van der Waals surface area contributed by atoms with Gasteiger partial charge in [-0.25, -0.2) is 10.5 Å². The first kappa shape index (κ1) is 17.9. The molecular weight excluding hydrogens is 351 g/mol. The van der Waals surface area contributed by atoms with Gasteiger partial charge in [0.1, 0.15) is 5.56 Å². The van der Waals surface area contributed by atoms with Crippen molar-refractivity contribution in [2.75, 3.05) is 22.7 Å². The van der Waals surface area contributed by atoms with E-state index in [1.165, 1.54) is 0 Å². The van der Waals surface area contributed by atoms with E-state index in [0.29, 0.717) is 24.7 Å². The zero-order chi connectivity index (χ0) is 18.7. The molecule has 10 heteroatoms. The maximum atomic E-state index is 13.0. The molecule has 0 saturated heterocycles. The minimum absolute atomic E-state index is 0.0139. The van der Waals surface area contributed by atoms with Crippen molar-refractivity contribution in [3.63, 3.8) is 0 Å². The van der Waals surface area contributed by atoms with Crippen molar-refractivity contribution in [3.05, 3.63) is 35.5 Å². The van der Waals surface area contributed by atoms with Crippen LogP contribution in [0.15, 0.2) is 24.4 Å². The minimum atomic E-state index is -4.61. The highest BCUT2D eigenvalue weighted by atomic mass is 19.4. The molecule has 2 heterocycles. The summed E-state index contributed by atoms with van der Waals surface area (Å²) in [5.41, 5.74) is 3.41. The van der Waals surface area contributed by atoms with Crippen LogP contribution in [0.1, 0.15) is 24.5 Å². The lowest BCUT2D eigenvalue weighted by Gasteiger charge is -2.18. The molecule has 1 aromatic heterocycles. The molecule has 1 amide bonds. The normalized spacial score (nSPS) is 13.8. The van der Waals surface area contributed by atoms with Gasteiger partial charge in [0.05, 0.1) is 6.61 Å². The number of hydrogen-bond acceptors (Lipinski definition) is 6. The molecule has 0 spiro atoms. The van der Waals surface area contributed by atoms with Crippen LogP contribution >= 0.6 is 0 Å². The minimum Gasteiger partial charge on any atom is -0.326 e. The Morgan fingerprint density at radius 3 is 2.85 bits per heavy atom. The molecule has 0 atom stereocenters. The molecule has 0 aliphatic carbocycles. The molecular formula is C16H16F3N5O2. The topological polar surface area (TPSA) is 88.2 Å².